The Morgan fingerprint density at radius 3 is 2.41 bits per heavy atom. The van der Waals surface area contributed by atoms with Gasteiger partial charge in [0.25, 0.3) is 0 Å². The number of carboxylic acids is 1. The Morgan fingerprint density at radius 2 is 1.88 bits per heavy atom. The van der Waals surface area contributed by atoms with Gasteiger partial charge in [0.15, 0.2) is 0 Å². The lowest BCUT2D eigenvalue weighted by molar-refractivity contribution is 0.0696. The summed E-state index contributed by atoms with van der Waals surface area (Å²) in [5, 5.41) is 8.99. The number of carboxylic acid groups (broad SMARTS) is 1. The molecule has 0 amide bonds. The van der Waals surface area contributed by atoms with Crippen molar-refractivity contribution in [2.75, 3.05) is 0 Å². The molecule has 1 fully saturated rings. The van der Waals surface area contributed by atoms with Crippen LogP contribution >= 0.6 is 0 Å². The van der Waals surface area contributed by atoms with Gasteiger partial charge >= 0.3 is 5.97 Å². The SMILES string of the molecule is Cc1c(C(=O)O)cccc1[C@@H]1C[C@@H](F)[C@@H](F)C1. The number of alkyl halides is 2. The van der Waals surface area contributed by atoms with E-state index in [-0.39, 0.29) is 24.3 Å². The van der Waals surface area contributed by atoms with E-state index in [1.54, 1.807) is 19.1 Å². The summed E-state index contributed by atoms with van der Waals surface area (Å²) >= 11 is 0. The van der Waals surface area contributed by atoms with Gasteiger partial charge in [-0.2, -0.15) is 0 Å². The van der Waals surface area contributed by atoms with Gasteiger partial charge in [0.2, 0.25) is 0 Å². The van der Waals surface area contributed by atoms with Crippen molar-refractivity contribution >= 4 is 5.97 Å². The molecule has 0 aliphatic heterocycles. The molecule has 1 aliphatic rings. The molecule has 2 rings (SSSR count). The Labute approximate surface area is 98.3 Å². The summed E-state index contributed by atoms with van der Waals surface area (Å²) in [6.45, 7) is 1.69. The number of halogens is 2. The average Bonchev–Trinajstić information content (AvgIpc) is 2.59. The number of hydrogen-bond donors (Lipinski definition) is 1. The van der Waals surface area contributed by atoms with E-state index in [0.29, 0.717) is 5.56 Å². The van der Waals surface area contributed by atoms with Crippen LogP contribution in [0.3, 0.4) is 0 Å². The van der Waals surface area contributed by atoms with Crippen LogP contribution in [0.15, 0.2) is 18.2 Å². The van der Waals surface area contributed by atoms with E-state index in [4.69, 9.17) is 5.11 Å². The van der Waals surface area contributed by atoms with Crippen molar-refractivity contribution in [3.63, 3.8) is 0 Å². The molecule has 92 valence electrons. The van der Waals surface area contributed by atoms with Gasteiger partial charge in [-0.3, -0.25) is 0 Å². The predicted octanol–water partition coefficient (Wildman–Crippen LogP) is 3.25. The highest BCUT2D eigenvalue weighted by Gasteiger charge is 2.36. The fourth-order valence-corrected chi connectivity index (χ4v) is 2.52. The molecule has 0 unspecified atom stereocenters. The molecule has 0 bridgehead atoms. The van der Waals surface area contributed by atoms with E-state index in [9.17, 15) is 13.6 Å². The van der Waals surface area contributed by atoms with Gasteiger partial charge in [-0.05, 0) is 42.9 Å². The molecule has 1 saturated carbocycles. The molecule has 0 spiro atoms. The van der Waals surface area contributed by atoms with E-state index < -0.39 is 18.3 Å². The van der Waals surface area contributed by atoms with Gasteiger partial charge in [-0.1, -0.05) is 12.1 Å². The maximum absolute atomic E-state index is 13.2. The lowest BCUT2D eigenvalue weighted by Crippen LogP contribution is -2.06. The molecule has 1 aromatic rings. The van der Waals surface area contributed by atoms with Crippen LogP contribution in [-0.2, 0) is 0 Å². The van der Waals surface area contributed by atoms with Crippen molar-refractivity contribution < 1.29 is 18.7 Å². The molecule has 17 heavy (non-hydrogen) atoms. The van der Waals surface area contributed by atoms with Gasteiger partial charge in [-0.25, -0.2) is 13.6 Å². The molecular weight excluding hydrogens is 226 g/mol. The summed E-state index contributed by atoms with van der Waals surface area (Å²) in [4.78, 5) is 11.0. The normalized spacial score (nSPS) is 28.3. The first-order chi connectivity index (χ1) is 8.00. The molecule has 1 aromatic carbocycles. The van der Waals surface area contributed by atoms with Crippen LogP contribution in [0.5, 0.6) is 0 Å². The first-order valence-corrected chi connectivity index (χ1v) is 5.61. The minimum atomic E-state index is -1.42. The van der Waals surface area contributed by atoms with Crippen LogP contribution in [-0.4, -0.2) is 23.4 Å². The second-order valence-electron chi connectivity index (χ2n) is 4.53. The lowest BCUT2D eigenvalue weighted by Gasteiger charge is -2.14. The van der Waals surface area contributed by atoms with Crippen LogP contribution in [0.25, 0.3) is 0 Å². The second kappa shape index (κ2) is 4.43. The molecule has 1 aliphatic carbocycles. The number of aromatic carboxylic acids is 1. The van der Waals surface area contributed by atoms with Crippen LogP contribution in [0.2, 0.25) is 0 Å². The molecule has 0 radical (unpaired) electrons. The molecule has 3 atom stereocenters. The quantitative estimate of drug-likeness (QED) is 0.861. The Balaban J connectivity index is 2.34. The van der Waals surface area contributed by atoms with E-state index in [2.05, 4.69) is 0 Å². The molecule has 4 heteroatoms. The van der Waals surface area contributed by atoms with E-state index >= 15 is 0 Å². The van der Waals surface area contributed by atoms with Crippen molar-refractivity contribution in [3.05, 3.63) is 34.9 Å². The Hall–Kier alpha value is -1.45. The minimum absolute atomic E-state index is 0.144. The van der Waals surface area contributed by atoms with Gasteiger partial charge < -0.3 is 5.11 Å². The predicted molar refractivity (Wildman–Crippen MR) is 59.9 cm³/mol. The molecule has 2 nitrogen and oxygen atoms in total. The standard InChI is InChI=1S/C13H14F2O2/c1-7-9(3-2-4-10(7)13(16)17)8-5-11(14)12(15)6-8/h2-4,8,11-12H,5-6H2,1H3,(H,16,17)/t8-,11-,12+. The van der Waals surface area contributed by atoms with Crippen molar-refractivity contribution in [1.82, 2.24) is 0 Å². The second-order valence-corrected chi connectivity index (χ2v) is 4.53. The molecule has 0 aromatic heterocycles. The Kier molecular flexibility index (Phi) is 3.13. The van der Waals surface area contributed by atoms with Crippen molar-refractivity contribution in [2.45, 2.75) is 38.0 Å². The van der Waals surface area contributed by atoms with E-state index in [1.807, 2.05) is 0 Å². The number of benzene rings is 1. The first kappa shape index (κ1) is 12.0. The van der Waals surface area contributed by atoms with Crippen molar-refractivity contribution in [2.24, 2.45) is 0 Å². The third-order valence-electron chi connectivity index (χ3n) is 3.46. The van der Waals surface area contributed by atoms with Crippen LogP contribution in [0.1, 0.15) is 40.2 Å². The number of hydrogen-bond acceptors (Lipinski definition) is 1. The van der Waals surface area contributed by atoms with Gasteiger partial charge in [0.05, 0.1) is 5.56 Å². The third kappa shape index (κ3) is 2.16. The van der Waals surface area contributed by atoms with Gasteiger partial charge in [-0.15, -0.1) is 0 Å². The van der Waals surface area contributed by atoms with Crippen LogP contribution < -0.4 is 0 Å². The van der Waals surface area contributed by atoms with Crippen molar-refractivity contribution in [1.29, 1.82) is 0 Å². The Morgan fingerprint density at radius 1 is 1.29 bits per heavy atom. The highest BCUT2D eigenvalue weighted by Crippen LogP contribution is 2.39. The molecule has 0 heterocycles. The van der Waals surface area contributed by atoms with Crippen molar-refractivity contribution in [3.8, 4) is 0 Å². The van der Waals surface area contributed by atoms with Gasteiger partial charge in [0.1, 0.15) is 12.3 Å². The summed E-state index contributed by atoms with van der Waals surface area (Å²) in [5.74, 6) is -1.21. The smallest absolute Gasteiger partial charge is 0.335 e. The topological polar surface area (TPSA) is 37.3 Å². The maximum Gasteiger partial charge on any atom is 0.335 e. The average molecular weight is 240 g/mol. The number of rotatable bonds is 2. The zero-order chi connectivity index (χ0) is 12.6. The zero-order valence-corrected chi connectivity index (χ0v) is 9.49. The summed E-state index contributed by atoms with van der Waals surface area (Å²) in [6, 6.07) is 4.90. The fraction of sp³-hybridized carbons (Fsp3) is 0.462. The minimum Gasteiger partial charge on any atom is -0.478 e. The first-order valence-electron chi connectivity index (χ1n) is 5.61. The summed E-state index contributed by atoms with van der Waals surface area (Å²) in [5.41, 5.74) is 1.58. The van der Waals surface area contributed by atoms with E-state index in [0.717, 1.165) is 5.56 Å². The Bertz CT molecular complexity index is 435. The molecule has 1 N–H and O–H groups in total. The largest absolute Gasteiger partial charge is 0.478 e. The van der Waals surface area contributed by atoms with Gasteiger partial charge in [0, 0.05) is 0 Å². The van der Waals surface area contributed by atoms with Crippen LogP contribution in [0, 0.1) is 6.92 Å². The highest BCUT2D eigenvalue weighted by atomic mass is 19.2. The highest BCUT2D eigenvalue weighted by molar-refractivity contribution is 5.89. The maximum atomic E-state index is 13.2. The lowest BCUT2D eigenvalue weighted by atomic mass is 9.91. The zero-order valence-electron chi connectivity index (χ0n) is 9.49. The van der Waals surface area contributed by atoms with E-state index in [1.165, 1.54) is 6.07 Å². The van der Waals surface area contributed by atoms with Crippen LogP contribution in [0.4, 0.5) is 8.78 Å². The number of carbonyl (C=O) groups is 1. The molecular formula is C13H14F2O2. The fourth-order valence-electron chi connectivity index (χ4n) is 2.52. The summed E-state index contributed by atoms with van der Waals surface area (Å²) < 4.78 is 26.3. The monoisotopic (exact) mass is 240 g/mol. The summed E-state index contributed by atoms with van der Waals surface area (Å²) in [6.07, 6.45) is -2.56. The molecule has 0 saturated heterocycles. The summed E-state index contributed by atoms with van der Waals surface area (Å²) in [7, 11) is 0. The third-order valence-corrected chi connectivity index (χ3v) is 3.46.